The van der Waals surface area contributed by atoms with E-state index in [1.807, 2.05) is 18.2 Å². The number of aromatic nitrogens is 1. The van der Waals surface area contributed by atoms with Crippen molar-refractivity contribution in [2.45, 2.75) is 12.8 Å². The summed E-state index contributed by atoms with van der Waals surface area (Å²) in [6, 6.07) is 5.52. The van der Waals surface area contributed by atoms with Gasteiger partial charge in [-0.15, -0.1) is 0 Å². The molecule has 6 heteroatoms. The number of methoxy groups -OCH3 is 1. The van der Waals surface area contributed by atoms with Gasteiger partial charge in [0.25, 0.3) is 0 Å². The highest BCUT2D eigenvalue weighted by Crippen LogP contribution is 2.32. The van der Waals surface area contributed by atoms with E-state index >= 15 is 0 Å². The molecule has 0 atom stereocenters. The zero-order valence-electron chi connectivity index (χ0n) is 13.0. The minimum Gasteiger partial charge on any atom is -0.494 e. The molecule has 6 nitrogen and oxygen atoms in total. The van der Waals surface area contributed by atoms with Gasteiger partial charge in [0.1, 0.15) is 16.8 Å². The number of fused-ring (bicyclic) bond motifs is 1. The second kappa shape index (κ2) is 6.83. The second-order valence-corrected chi connectivity index (χ2v) is 5.65. The highest BCUT2D eigenvalue weighted by molar-refractivity contribution is 6.05. The predicted octanol–water partition coefficient (Wildman–Crippen LogP) is 2.78. The first-order valence-corrected chi connectivity index (χ1v) is 7.71. The van der Waals surface area contributed by atoms with Gasteiger partial charge in [-0.3, -0.25) is 4.98 Å². The Bertz CT molecular complexity index is 711. The molecule has 1 fully saturated rings. The van der Waals surface area contributed by atoms with Crippen LogP contribution in [0, 0.1) is 5.92 Å². The minimum atomic E-state index is -0.989. The van der Waals surface area contributed by atoms with Gasteiger partial charge in [0.2, 0.25) is 0 Å². The number of aromatic carboxylic acids is 1. The van der Waals surface area contributed by atoms with Gasteiger partial charge in [0.05, 0.1) is 12.8 Å². The summed E-state index contributed by atoms with van der Waals surface area (Å²) in [5.41, 5.74) is 1.44. The first kappa shape index (κ1) is 15.6. The molecule has 0 spiro atoms. The highest BCUT2D eigenvalue weighted by atomic mass is 16.5. The van der Waals surface area contributed by atoms with Crippen molar-refractivity contribution in [3.05, 3.63) is 30.0 Å². The van der Waals surface area contributed by atoms with Crippen molar-refractivity contribution in [1.82, 2.24) is 4.98 Å². The fraction of sp³-hybridized carbons (Fsp3) is 0.412. The monoisotopic (exact) mass is 316 g/mol. The van der Waals surface area contributed by atoms with Gasteiger partial charge in [-0.05, 0) is 24.8 Å². The highest BCUT2D eigenvalue weighted by Gasteiger charge is 2.19. The van der Waals surface area contributed by atoms with E-state index in [1.165, 1.54) is 6.20 Å². The Morgan fingerprint density at radius 3 is 2.91 bits per heavy atom. The van der Waals surface area contributed by atoms with Crippen molar-refractivity contribution in [1.29, 1.82) is 0 Å². The van der Waals surface area contributed by atoms with Crippen LogP contribution in [-0.2, 0) is 4.74 Å². The lowest BCUT2D eigenvalue weighted by Gasteiger charge is -2.23. The SMILES string of the molecule is COc1cccc2c(NCC3CCOCC3)c(C(=O)O)cnc12. The van der Waals surface area contributed by atoms with E-state index < -0.39 is 5.97 Å². The molecular formula is C17H20N2O4. The Labute approximate surface area is 134 Å². The standard InChI is InChI=1S/C17H20N2O4/c1-22-14-4-2-3-12-15(13(17(20)21)10-19-16(12)14)18-9-11-5-7-23-8-6-11/h2-4,10-11H,5-9H2,1H3,(H,18,19)(H,20,21). The number of para-hydroxylation sites is 1. The lowest BCUT2D eigenvalue weighted by atomic mass is 10.00. The average Bonchev–Trinajstić information content (AvgIpc) is 2.59. The molecule has 0 bridgehead atoms. The van der Waals surface area contributed by atoms with Crippen LogP contribution in [-0.4, -0.2) is 42.9 Å². The number of nitrogens with zero attached hydrogens (tertiary/aromatic N) is 1. The van der Waals surface area contributed by atoms with Crippen LogP contribution < -0.4 is 10.1 Å². The van der Waals surface area contributed by atoms with Gasteiger partial charge in [-0.25, -0.2) is 4.79 Å². The predicted molar refractivity (Wildman–Crippen MR) is 87.3 cm³/mol. The Kier molecular flexibility index (Phi) is 4.62. The van der Waals surface area contributed by atoms with E-state index in [0.29, 0.717) is 22.9 Å². The fourth-order valence-corrected chi connectivity index (χ4v) is 2.91. The Balaban J connectivity index is 1.97. The molecule has 1 aromatic carbocycles. The summed E-state index contributed by atoms with van der Waals surface area (Å²) in [5.74, 6) is 0.129. The van der Waals surface area contributed by atoms with Crippen molar-refractivity contribution in [2.75, 3.05) is 32.2 Å². The molecule has 23 heavy (non-hydrogen) atoms. The molecule has 2 aromatic rings. The number of hydrogen-bond acceptors (Lipinski definition) is 5. The van der Waals surface area contributed by atoms with Crippen LogP contribution in [0.25, 0.3) is 10.9 Å². The summed E-state index contributed by atoms with van der Waals surface area (Å²) in [4.78, 5) is 15.8. The first-order valence-electron chi connectivity index (χ1n) is 7.71. The number of rotatable bonds is 5. The zero-order chi connectivity index (χ0) is 16.2. The van der Waals surface area contributed by atoms with Gasteiger partial charge in [-0.1, -0.05) is 12.1 Å². The smallest absolute Gasteiger partial charge is 0.339 e. The number of pyridine rings is 1. The van der Waals surface area contributed by atoms with E-state index in [-0.39, 0.29) is 5.56 Å². The zero-order valence-corrected chi connectivity index (χ0v) is 13.0. The Morgan fingerprint density at radius 2 is 2.22 bits per heavy atom. The average molecular weight is 316 g/mol. The number of anilines is 1. The molecule has 0 radical (unpaired) electrons. The number of hydrogen-bond donors (Lipinski definition) is 2. The molecule has 2 N–H and O–H groups in total. The van der Waals surface area contributed by atoms with E-state index in [1.54, 1.807) is 7.11 Å². The Hall–Kier alpha value is -2.34. The third-order valence-electron chi connectivity index (χ3n) is 4.22. The molecule has 0 unspecified atom stereocenters. The van der Waals surface area contributed by atoms with Crippen LogP contribution in [0.2, 0.25) is 0 Å². The van der Waals surface area contributed by atoms with Crippen molar-refractivity contribution in [2.24, 2.45) is 5.92 Å². The van der Waals surface area contributed by atoms with Crippen molar-refractivity contribution in [3.8, 4) is 5.75 Å². The molecule has 1 aliphatic rings. The normalized spacial score (nSPS) is 15.5. The molecular weight excluding hydrogens is 296 g/mol. The van der Waals surface area contributed by atoms with Gasteiger partial charge < -0.3 is 19.9 Å². The number of carbonyl (C=O) groups is 1. The lowest BCUT2D eigenvalue weighted by Crippen LogP contribution is -2.23. The van der Waals surface area contributed by atoms with Crippen molar-refractivity contribution < 1.29 is 19.4 Å². The number of carboxylic acids is 1. The third-order valence-corrected chi connectivity index (χ3v) is 4.22. The first-order chi connectivity index (χ1) is 11.2. The minimum absolute atomic E-state index is 0.179. The summed E-state index contributed by atoms with van der Waals surface area (Å²) in [5, 5.41) is 13.5. The summed E-state index contributed by atoms with van der Waals surface area (Å²) in [7, 11) is 1.58. The van der Waals surface area contributed by atoms with Crippen LogP contribution in [0.3, 0.4) is 0 Å². The van der Waals surface area contributed by atoms with Crippen LogP contribution >= 0.6 is 0 Å². The van der Waals surface area contributed by atoms with Gasteiger partial charge in [0, 0.05) is 31.3 Å². The van der Waals surface area contributed by atoms with Gasteiger partial charge >= 0.3 is 5.97 Å². The maximum absolute atomic E-state index is 11.5. The van der Waals surface area contributed by atoms with Crippen LogP contribution in [0.1, 0.15) is 23.2 Å². The Morgan fingerprint density at radius 1 is 1.43 bits per heavy atom. The number of ether oxygens (including phenoxy) is 2. The molecule has 0 amide bonds. The molecule has 0 aliphatic carbocycles. The molecule has 122 valence electrons. The van der Waals surface area contributed by atoms with E-state index in [2.05, 4.69) is 10.3 Å². The molecule has 1 saturated heterocycles. The second-order valence-electron chi connectivity index (χ2n) is 5.65. The van der Waals surface area contributed by atoms with E-state index in [0.717, 1.165) is 38.0 Å². The molecule has 0 saturated carbocycles. The van der Waals surface area contributed by atoms with Crippen LogP contribution in [0.5, 0.6) is 5.75 Å². The van der Waals surface area contributed by atoms with Crippen molar-refractivity contribution >= 4 is 22.6 Å². The largest absolute Gasteiger partial charge is 0.494 e. The van der Waals surface area contributed by atoms with Crippen molar-refractivity contribution in [3.63, 3.8) is 0 Å². The van der Waals surface area contributed by atoms with E-state index in [4.69, 9.17) is 9.47 Å². The fourth-order valence-electron chi connectivity index (χ4n) is 2.91. The summed E-state index contributed by atoms with van der Waals surface area (Å²) in [6.07, 6.45) is 3.36. The maximum Gasteiger partial charge on any atom is 0.339 e. The number of nitrogens with one attached hydrogen (secondary N) is 1. The molecule has 3 rings (SSSR count). The van der Waals surface area contributed by atoms with Gasteiger partial charge in [-0.2, -0.15) is 0 Å². The maximum atomic E-state index is 11.5. The quantitative estimate of drug-likeness (QED) is 0.883. The molecule has 2 heterocycles. The topological polar surface area (TPSA) is 80.7 Å². The van der Waals surface area contributed by atoms with Gasteiger partial charge in [0.15, 0.2) is 0 Å². The van der Waals surface area contributed by atoms with E-state index in [9.17, 15) is 9.90 Å². The van der Waals surface area contributed by atoms with Crippen LogP contribution in [0.4, 0.5) is 5.69 Å². The molecule has 1 aliphatic heterocycles. The number of benzene rings is 1. The summed E-state index contributed by atoms with van der Waals surface area (Å²) in [6.45, 7) is 2.26. The van der Waals surface area contributed by atoms with Crippen LogP contribution in [0.15, 0.2) is 24.4 Å². The number of carboxylic acid groups (broad SMARTS) is 1. The lowest BCUT2D eigenvalue weighted by molar-refractivity contribution is 0.0689. The third kappa shape index (κ3) is 3.22. The molecule has 1 aromatic heterocycles. The summed E-state index contributed by atoms with van der Waals surface area (Å²) >= 11 is 0. The summed E-state index contributed by atoms with van der Waals surface area (Å²) < 4.78 is 10.7.